The second-order valence-corrected chi connectivity index (χ2v) is 26.0. The normalized spacial score (nSPS) is 23.2. The number of rotatable bonds is 61. The molecule has 2 aliphatic rings. The van der Waals surface area contributed by atoms with Gasteiger partial charge in [-0.05, 0) is 89.9 Å². The molecule has 0 bridgehead atoms. The summed E-state index contributed by atoms with van der Waals surface area (Å²) in [6.45, 7) is 2.69. The van der Waals surface area contributed by atoms with Gasteiger partial charge >= 0.3 is 0 Å². The molecule has 0 aromatic rings. The van der Waals surface area contributed by atoms with Crippen molar-refractivity contribution in [1.82, 2.24) is 5.32 Å². The molecule has 14 nitrogen and oxygen atoms in total. The van der Waals surface area contributed by atoms with E-state index in [1.165, 1.54) is 180 Å². The van der Waals surface area contributed by atoms with Gasteiger partial charge in [-0.2, -0.15) is 0 Å². The highest BCUT2D eigenvalue weighted by Crippen LogP contribution is 2.30. The molecule has 0 radical (unpaired) electrons. The maximum Gasteiger partial charge on any atom is 0.220 e. The van der Waals surface area contributed by atoms with Crippen molar-refractivity contribution in [3.63, 3.8) is 0 Å². The van der Waals surface area contributed by atoms with Crippen molar-refractivity contribution in [3.05, 3.63) is 109 Å². The minimum Gasteiger partial charge on any atom is -0.394 e. The summed E-state index contributed by atoms with van der Waals surface area (Å²) >= 11 is 0. The lowest BCUT2D eigenvalue weighted by atomic mass is 9.97. The van der Waals surface area contributed by atoms with Crippen LogP contribution in [-0.2, 0) is 23.7 Å². The Balaban J connectivity index is 1.61. The minimum atomic E-state index is -1.79. The Hall–Kier alpha value is -3.35. The number of aliphatic hydroxyl groups excluding tert-OH is 8. The zero-order valence-corrected chi connectivity index (χ0v) is 58.5. The Morgan fingerprint density at radius 3 is 1.18 bits per heavy atom. The molecule has 12 unspecified atom stereocenters. The van der Waals surface area contributed by atoms with Crippen molar-refractivity contribution in [1.29, 1.82) is 0 Å². The van der Waals surface area contributed by atoms with Gasteiger partial charge in [0.15, 0.2) is 12.6 Å². The second-order valence-electron chi connectivity index (χ2n) is 26.0. The Kier molecular flexibility index (Phi) is 57.3. The highest BCUT2D eigenvalue weighted by molar-refractivity contribution is 5.76. The first-order valence-corrected chi connectivity index (χ1v) is 37.6. The van der Waals surface area contributed by atoms with E-state index in [1.807, 2.05) is 6.08 Å². The number of aliphatic hydroxyl groups is 8. The molecule has 536 valence electrons. The third kappa shape index (κ3) is 45.7. The maximum atomic E-state index is 13.3. The molecule has 1 amide bonds. The van der Waals surface area contributed by atoms with Crippen LogP contribution in [0.25, 0.3) is 0 Å². The van der Waals surface area contributed by atoms with E-state index in [9.17, 15) is 45.6 Å². The van der Waals surface area contributed by atoms with Gasteiger partial charge in [-0.3, -0.25) is 4.79 Å². The Morgan fingerprint density at radius 1 is 0.398 bits per heavy atom. The molecule has 2 rings (SSSR count). The van der Waals surface area contributed by atoms with Crippen LogP contribution in [0.4, 0.5) is 0 Å². The van der Waals surface area contributed by atoms with E-state index in [-0.39, 0.29) is 18.9 Å². The topological polar surface area (TPSA) is 228 Å². The molecule has 0 spiro atoms. The fourth-order valence-corrected chi connectivity index (χ4v) is 11.8. The second kappa shape index (κ2) is 62.2. The molecule has 14 heteroatoms. The molecule has 0 aromatic heterocycles. The number of allylic oxidation sites excluding steroid dienone is 17. The number of nitrogens with one attached hydrogen (secondary N) is 1. The summed E-state index contributed by atoms with van der Waals surface area (Å²) in [7, 11) is 0. The summed E-state index contributed by atoms with van der Waals surface area (Å²) in [5, 5.41) is 87.5. The third-order valence-corrected chi connectivity index (χ3v) is 17.7. The molecule has 2 saturated heterocycles. The van der Waals surface area contributed by atoms with E-state index in [1.54, 1.807) is 6.08 Å². The minimum absolute atomic E-state index is 0.249. The lowest BCUT2D eigenvalue weighted by Gasteiger charge is -2.46. The van der Waals surface area contributed by atoms with E-state index in [0.29, 0.717) is 12.8 Å². The molecular weight excluding hydrogens is 1170 g/mol. The average molecular weight is 1310 g/mol. The summed E-state index contributed by atoms with van der Waals surface area (Å²) < 4.78 is 22.9. The molecule has 2 heterocycles. The lowest BCUT2D eigenvalue weighted by molar-refractivity contribution is -0.359. The van der Waals surface area contributed by atoms with Gasteiger partial charge in [0.2, 0.25) is 5.91 Å². The smallest absolute Gasteiger partial charge is 0.220 e. The van der Waals surface area contributed by atoms with Crippen LogP contribution in [0.3, 0.4) is 0 Å². The number of unbranched alkanes of at least 4 members (excludes halogenated alkanes) is 32. The van der Waals surface area contributed by atoms with Gasteiger partial charge in [0, 0.05) is 6.42 Å². The van der Waals surface area contributed by atoms with Crippen molar-refractivity contribution in [2.45, 2.75) is 364 Å². The van der Waals surface area contributed by atoms with Gasteiger partial charge < -0.3 is 65.1 Å². The quantitative estimate of drug-likeness (QED) is 0.0204. The van der Waals surface area contributed by atoms with Crippen LogP contribution in [-0.4, -0.2) is 140 Å². The molecule has 2 aliphatic heterocycles. The molecule has 0 saturated carbocycles. The molecule has 0 aromatic carbocycles. The van der Waals surface area contributed by atoms with Crippen LogP contribution >= 0.6 is 0 Å². The first-order chi connectivity index (χ1) is 45.6. The largest absolute Gasteiger partial charge is 0.394 e. The monoisotopic (exact) mass is 1310 g/mol. The summed E-state index contributed by atoms with van der Waals surface area (Å²) in [5.74, 6) is -0.249. The molecule has 93 heavy (non-hydrogen) atoms. The number of ether oxygens (including phenoxy) is 4. The standard InChI is InChI=1S/C79H137NO13/c1-3-5-7-9-11-13-15-17-19-21-23-25-26-27-28-29-30-31-32-33-34-35-36-37-38-39-40-41-42-43-45-47-49-51-53-55-57-59-61-63-71(84)80-67(68(83)62-60-58-56-54-52-50-48-46-44-24-22-20-18-16-14-12-10-8-6-4-2)66-90-78-76(89)74(87)77(70(65-82)92-78)93-79-75(88)73(86)72(85)69(64-81)91-79/h5,7,11,13,17,19,23,25,27-28,30-31,33-34,52,54,60,62,67-70,72-79,81-83,85-89H,3-4,6,8-10,12,14-16,18,20-22,24,26,29,32,35-51,53,55-59,61,63-66H2,1-2H3,(H,80,84)/b7-5-,13-11-,19-17-,25-23-,28-27-,31-30-,34-33-,54-52+,62-60+. The Bertz CT molecular complexity index is 1980. The van der Waals surface area contributed by atoms with Gasteiger partial charge in [0.05, 0.1) is 32.0 Å². The lowest BCUT2D eigenvalue weighted by Crippen LogP contribution is -2.65. The highest BCUT2D eigenvalue weighted by Gasteiger charge is 2.51. The number of carbonyl (C=O) groups is 1. The van der Waals surface area contributed by atoms with Crippen molar-refractivity contribution in [3.8, 4) is 0 Å². The van der Waals surface area contributed by atoms with Crippen molar-refractivity contribution in [2.24, 2.45) is 0 Å². The first kappa shape index (κ1) is 85.7. The van der Waals surface area contributed by atoms with Crippen LogP contribution in [0.1, 0.15) is 290 Å². The van der Waals surface area contributed by atoms with E-state index in [2.05, 4.69) is 116 Å². The fraction of sp³-hybridized carbons (Fsp3) is 0.759. The van der Waals surface area contributed by atoms with Crippen molar-refractivity contribution < 1.29 is 64.6 Å². The number of hydrogen-bond donors (Lipinski definition) is 9. The van der Waals surface area contributed by atoms with Gasteiger partial charge in [0.25, 0.3) is 0 Å². The van der Waals surface area contributed by atoms with E-state index in [0.717, 1.165) is 77.0 Å². The van der Waals surface area contributed by atoms with Crippen LogP contribution in [0.5, 0.6) is 0 Å². The van der Waals surface area contributed by atoms with Gasteiger partial charge in [0.1, 0.15) is 48.8 Å². The molecule has 12 atom stereocenters. The van der Waals surface area contributed by atoms with Crippen LogP contribution < -0.4 is 5.32 Å². The number of amides is 1. The molecule has 2 fully saturated rings. The zero-order valence-electron chi connectivity index (χ0n) is 58.5. The zero-order chi connectivity index (χ0) is 67.3. The Labute approximate surface area is 566 Å². The number of carbonyl (C=O) groups excluding carboxylic acids is 1. The highest BCUT2D eigenvalue weighted by atomic mass is 16.7. The SMILES string of the molecule is CC/C=C\C/C=C\C/C=C\C/C=C\C/C=C\C/C=C\C/C=C\CCCCCCCCCCCCCCCCCCCC(=O)NC(COC1OC(CO)C(OC2OC(CO)C(O)C(O)C2O)C(O)C1O)C(O)/C=C/CC/C=C/CCCCCCCCCCCCCCCC. The van der Waals surface area contributed by atoms with Crippen LogP contribution in [0.15, 0.2) is 109 Å². The molecule has 0 aliphatic carbocycles. The van der Waals surface area contributed by atoms with E-state index < -0.39 is 86.8 Å². The van der Waals surface area contributed by atoms with Crippen molar-refractivity contribution >= 4 is 5.91 Å². The number of hydrogen-bond acceptors (Lipinski definition) is 13. The first-order valence-electron chi connectivity index (χ1n) is 37.6. The maximum absolute atomic E-state index is 13.3. The fourth-order valence-electron chi connectivity index (χ4n) is 11.8. The molecular formula is C79H137NO13. The van der Waals surface area contributed by atoms with Crippen LogP contribution in [0, 0.1) is 0 Å². The predicted molar refractivity (Wildman–Crippen MR) is 382 cm³/mol. The van der Waals surface area contributed by atoms with Gasteiger partial charge in [-0.25, -0.2) is 0 Å². The van der Waals surface area contributed by atoms with E-state index in [4.69, 9.17) is 18.9 Å². The third-order valence-electron chi connectivity index (χ3n) is 17.7. The van der Waals surface area contributed by atoms with Crippen molar-refractivity contribution in [2.75, 3.05) is 19.8 Å². The van der Waals surface area contributed by atoms with E-state index >= 15 is 0 Å². The van der Waals surface area contributed by atoms with Gasteiger partial charge in [-0.1, -0.05) is 303 Å². The van der Waals surface area contributed by atoms with Gasteiger partial charge in [-0.15, -0.1) is 0 Å². The summed E-state index contributed by atoms with van der Waals surface area (Å²) in [6.07, 6.45) is 73.0. The summed E-state index contributed by atoms with van der Waals surface area (Å²) in [4.78, 5) is 13.3. The average Bonchev–Trinajstić information content (AvgIpc) is 0.854. The predicted octanol–water partition coefficient (Wildman–Crippen LogP) is 16.3. The molecule has 9 N–H and O–H groups in total. The van der Waals surface area contributed by atoms with Crippen LogP contribution in [0.2, 0.25) is 0 Å². The summed E-state index contributed by atoms with van der Waals surface area (Å²) in [5.41, 5.74) is 0. The Morgan fingerprint density at radius 2 is 0.753 bits per heavy atom. The summed E-state index contributed by atoms with van der Waals surface area (Å²) in [6, 6.07) is -0.937.